The van der Waals surface area contributed by atoms with Crippen LogP contribution in [-0.4, -0.2) is 22.6 Å². The Morgan fingerprint density at radius 2 is 1.46 bits per heavy atom. The summed E-state index contributed by atoms with van der Waals surface area (Å²) in [6.45, 7) is 8.47. The second kappa shape index (κ2) is 6.60. The first kappa shape index (κ1) is 18.2. The van der Waals surface area contributed by atoms with Crippen LogP contribution in [0.1, 0.15) is 34.1 Å². The number of fused-ring (bicyclic) bond motifs is 2. The molecule has 1 heterocycles. The number of carboxylic acids is 1. The van der Waals surface area contributed by atoms with Crippen molar-refractivity contribution in [1.29, 1.82) is 0 Å². The number of carbonyl (C=O) groups is 1. The highest BCUT2D eigenvalue weighted by Crippen LogP contribution is 2.36. The number of aliphatic carboxylic acids is 1. The fourth-order valence-corrected chi connectivity index (χ4v) is 3.69. The fourth-order valence-electron chi connectivity index (χ4n) is 3.69. The molecule has 4 heteroatoms. The van der Waals surface area contributed by atoms with Crippen LogP contribution in [0.25, 0.3) is 21.8 Å². The van der Waals surface area contributed by atoms with Crippen molar-refractivity contribution >= 4 is 33.5 Å². The van der Waals surface area contributed by atoms with Gasteiger partial charge in [-0.1, -0.05) is 50.2 Å². The molecule has 1 aromatic heterocycles. The second-order valence-corrected chi connectivity index (χ2v) is 8.40. The zero-order chi connectivity index (χ0) is 18.9. The summed E-state index contributed by atoms with van der Waals surface area (Å²) in [5, 5.41) is 15.2. The quantitative estimate of drug-likeness (QED) is 0.590. The maximum atomic E-state index is 11.5. The fraction of sp³-hybridized carbons (Fsp3) is 0.364. The third kappa shape index (κ3) is 3.64. The van der Waals surface area contributed by atoms with Crippen molar-refractivity contribution < 1.29 is 9.90 Å². The van der Waals surface area contributed by atoms with E-state index >= 15 is 0 Å². The molecule has 0 bridgehead atoms. The molecule has 4 nitrogen and oxygen atoms in total. The van der Waals surface area contributed by atoms with Gasteiger partial charge < -0.3 is 10.4 Å². The van der Waals surface area contributed by atoms with Gasteiger partial charge in [-0.3, -0.25) is 4.79 Å². The van der Waals surface area contributed by atoms with Gasteiger partial charge in [-0.15, -0.1) is 0 Å². The highest BCUT2D eigenvalue weighted by Gasteiger charge is 2.34. The topological polar surface area (TPSA) is 62.2 Å². The summed E-state index contributed by atoms with van der Waals surface area (Å²) in [5.41, 5.74) is 2.04. The molecule has 136 valence electrons. The predicted molar refractivity (Wildman–Crippen MR) is 108 cm³/mol. The molecule has 0 aliphatic heterocycles. The normalized spacial score (nSPS) is 12.5. The van der Waals surface area contributed by atoms with Gasteiger partial charge in [-0.25, -0.2) is 4.98 Å². The molecule has 3 rings (SSSR count). The van der Waals surface area contributed by atoms with Crippen molar-refractivity contribution in [3.05, 3.63) is 48.5 Å². The Bertz CT molecular complexity index is 907. The summed E-state index contributed by atoms with van der Waals surface area (Å²) in [5.74, 6) is -0.759. The number of anilines is 1. The zero-order valence-corrected chi connectivity index (χ0v) is 15.8. The van der Waals surface area contributed by atoms with Crippen molar-refractivity contribution in [2.24, 2.45) is 10.8 Å². The first-order chi connectivity index (χ1) is 12.2. The molecular weight excluding hydrogens is 324 g/mol. The van der Waals surface area contributed by atoms with Gasteiger partial charge in [0.1, 0.15) is 0 Å². The van der Waals surface area contributed by atoms with Crippen LogP contribution < -0.4 is 5.32 Å². The van der Waals surface area contributed by atoms with E-state index in [4.69, 9.17) is 4.98 Å². The van der Waals surface area contributed by atoms with E-state index in [2.05, 4.69) is 31.3 Å². The Kier molecular flexibility index (Phi) is 4.61. The third-order valence-corrected chi connectivity index (χ3v) is 4.83. The molecule has 0 radical (unpaired) electrons. The molecule has 2 N–H and O–H groups in total. The van der Waals surface area contributed by atoms with Crippen molar-refractivity contribution in [3.8, 4) is 0 Å². The van der Waals surface area contributed by atoms with E-state index in [-0.39, 0.29) is 5.41 Å². The van der Waals surface area contributed by atoms with Gasteiger partial charge in [0.15, 0.2) is 0 Å². The number of carboxylic acid groups (broad SMARTS) is 1. The third-order valence-electron chi connectivity index (χ3n) is 4.83. The number of nitrogens with zero attached hydrogens (tertiary/aromatic N) is 1. The van der Waals surface area contributed by atoms with Crippen molar-refractivity contribution in [3.63, 3.8) is 0 Å². The summed E-state index contributed by atoms with van der Waals surface area (Å²) in [6, 6.07) is 16.2. The molecule has 0 unspecified atom stereocenters. The number of aromatic nitrogens is 1. The van der Waals surface area contributed by atoms with E-state index in [9.17, 15) is 9.90 Å². The average molecular weight is 350 g/mol. The van der Waals surface area contributed by atoms with Crippen molar-refractivity contribution in [2.75, 3.05) is 11.9 Å². The average Bonchev–Trinajstić information content (AvgIpc) is 2.57. The standard InChI is InChI=1S/C22H26N2O2/c1-21(2,13-22(3,4)20(25)26)14-23-19-15-9-5-7-11-17(15)24-18-12-8-6-10-16(18)19/h5-12H,13-14H2,1-4H3,(H,23,24)(H,25,26). The Hall–Kier alpha value is -2.62. The molecule has 2 aromatic carbocycles. The number of para-hydroxylation sites is 2. The number of hydrogen-bond donors (Lipinski definition) is 2. The van der Waals surface area contributed by atoms with Crippen LogP contribution in [0.4, 0.5) is 5.69 Å². The molecule has 0 saturated heterocycles. The summed E-state index contributed by atoms with van der Waals surface area (Å²) in [6.07, 6.45) is 0.587. The van der Waals surface area contributed by atoms with Crippen LogP contribution >= 0.6 is 0 Å². The molecule has 0 aliphatic rings. The molecule has 0 aliphatic carbocycles. The van der Waals surface area contributed by atoms with E-state index < -0.39 is 11.4 Å². The molecule has 0 saturated carbocycles. The van der Waals surface area contributed by atoms with Gasteiger partial charge in [0.2, 0.25) is 0 Å². The Labute approximate surface area is 154 Å². The van der Waals surface area contributed by atoms with Gasteiger partial charge in [0.25, 0.3) is 0 Å². The maximum absolute atomic E-state index is 11.5. The number of nitrogens with one attached hydrogen (secondary N) is 1. The van der Waals surface area contributed by atoms with Crippen LogP contribution in [0.3, 0.4) is 0 Å². The summed E-state index contributed by atoms with van der Waals surface area (Å²) in [7, 11) is 0. The highest BCUT2D eigenvalue weighted by molar-refractivity contribution is 6.07. The van der Waals surface area contributed by atoms with Crippen LogP contribution in [0.5, 0.6) is 0 Å². The van der Waals surface area contributed by atoms with Crippen LogP contribution in [0.15, 0.2) is 48.5 Å². The van der Waals surface area contributed by atoms with Crippen molar-refractivity contribution in [1.82, 2.24) is 4.98 Å². The Morgan fingerprint density at radius 3 is 1.96 bits per heavy atom. The van der Waals surface area contributed by atoms with E-state index in [0.717, 1.165) is 27.5 Å². The Balaban J connectivity index is 1.96. The largest absolute Gasteiger partial charge is 0.481 e. The minimum atomic E-state index is -0.759. The number of rotatable bonds is 6. The zero-order valence-electron chi connectivity index (χ0n) is 15.8. The van der Waals surface area contributed by atoms with Crippen LogP contribution in [-0.2, 0) is 4.79 Å². The highest BCUT2D eigenvalue weighted by atomic mass is 16.4. The molecule has 0 fully saturated rings. The lowest BCUT2D eigenvalue weighted by Crippen LogP contribution is -2.34. The first-order valence-electron chi connectivity index (χ1n) is 8.94. The van der Waals surface area contributed by atoms with E-state index in [0.29, 0.717) is 13.0 Å². The lowest BCUT2D eigenvalue weighted by atomic mass is 9.75. The van der Waals surface area contributed by atoms with Crippen LogP contribution in [0, 0.1) is 10.8 Å². The number of benzene rings is 2. The lowest BCUT2D eigenvalue weighted by Gasteiger charge is -2.33. The molecule has 26 heavy (non-hydrogen) atoms. The van der Waals surface area contributed by atoms with Gasteiger partial charge in [-0.2, -0.15) is 0 Å². The predicted octanol–water partition coefficient (Wildman–Crippen LogP) is 5.33. The van der Waals surface area contributed by atoms with Gasteiger partial charge in [0, 0.05) is 17.3 Å². The second-order valence-electron chi connectivity index (χ2n) is 8.40. The summed E-state index contributed by atoms with van der Waals surface area (Å²) < 4.78 is 0. The van der Waals surface area contributed by atoms with Crippen molar-refractivity contribution in [2.45, 2.75) is 34.1 Å². The lowest BCUT2D eigenvalue weighted by molar-refractivity contribution is -0.148. The molecule has 0 spiro atoms. The van der Waals surface area contributed by atoms with Gasteiger partial charge in [-0.05, 0) is 37.8 Å². The summed E-state index contributed by atoms with van der Waals surface area (Å²) >= 11 is 0. The summed E-state index contributed by atoms with van der Waals surface area (Å²) in [4.78, 5) is 16.2. The first-order valence-corrected chi connectivity index (χ1v) is 8.94. The monoisotopic (exact) mass is 350 g/mol. The smallest absolute Gasteiger partial charge is 0.309 e. The molecule has 0 amide bonds. The molecule has 3 aromatic rings. The minimum absolute atomic E-state index is 0.173. The minimum Gasteiger partial charge on any atom is -0.481 e. The van der Waals surface area contributed by atoms with Crippen LogP contribution in [0.2, 0.25) is 0 Å². The SMILES string of the molecule is CC(C)(CNc1c2ccccc2nc2ccccc12)CC(C)(C)C(=O)O. The number of pyridine rings is 1. The maximum Gasteiger partial charge on any atom is 0.309 e. The molecular formula is C22H26N2O2. The van der Waals surface area contributed by atoms with E-state index in [1.54, 1.807) is 13.8 Å². The molecule has 0 atom stereocenters. The van der Waals surface area contributed by atoms with Gasteiger partial charge >= 0.3 is 5.97 Å². The number of hydrogen-bond acceptors (Lipinski definition) is 3. The van der Waals surface area contributed by atoms with E-state index in [1.165, 1.54) is 0 Å². The van der Waals surface area contributed by atoms with Gasteiger partial charge in [0.05, 0.1) is 22.1 Å². The van der Waals surface area contributed by atoms with E-state index in [1.807, 2.05) is 36.4 Å². The Morgan fingerprint density at radius 1 is 0.962 bits per heavy atom.